The third-order valence-corrected chi connectivity index (χ3v) is 0. The number of carboxylic acid groups (broad SMARTS) is 2. The summed E-state index contributed by atoms with van der Waals surface area (Å²) in [5.74, 6) is 0. The molecule has 0 aliphatic carbocycles. The topological polar surface area (TPSA) is 248 Å². The summed E-state index contributed by atoms with van der Waals surface area (Å²) in [5.41, 5.74) is 0. The summed E-state index contributed by atoms with van der Waals surface area (Å²) in [4.78, 5) is 51.7. The molecule has 0 amide bonds. The van der Waals surface area contributed by atoms with Gasteiger partial charge in [-0.1, -0.05) is 0 Å². The molecule has 16 heavy (non-hydrogen) atoms. The number of hydrogen-bond donors (Lipinski definition) is 9. The van der Waals surface area contributed by atoms with Crippen LogP contribution in [0.1, 0.15) is 0 Å². The fraction of sp³-hybridized carbons (Fsp3) is 0. The molecule has 0 aromatic heterocycles. The Morgan fingerprint density at radius 2 is 0.750 bits per heavy atom. The molecular formula is CH13CaNO11P2. The van der Waals surface area contributed by atoms with Crippen LogP contribution in [0.5, 0.6) is 0 Å². The fourth-order valence-corrected chi connectivity index (χ4v) is 0. The van der Waals surface area contributed by atoms with Crippen molar-refractivity contribution in [3.05, 3.63) is 0 Å². The van der Waals surface area contributed by atoms with Crippen molar-refractivity contribution >= 4 is 59.5 Å². The summed E-state index contributed by atoms with van der Waals surface area (Å²) in [6, 6.07) is 0. The van der Waals surface area contributed by atoms with Crippen LogP contribution in [-0.2, 0) is 9.13 Å². The zero-order chi connectivity index (χ0) is 12.6. The van der Waals surface area contributed by atoms with Crippen molar-refractivity contribution in [2.45, 2.75) is 0 Å². The van der Waals surface area contributed by atoms with E-state index in [-0.39, 0.29) is 43.9 Å². The van der Waals surface area contributed by atoms with Crippen LogP contribution in [0.3, 0.4) is 0 Å². The molecule has 0 aliphatic heterocycles. The van der Waals surface area contributed by atoms with E-state index in [0.29, 0.717) is 0 Å². The summed E-state index contributed by atoms with van der Waals surface area (Å²) in [6.07, 6.45) is -1.83. The molecule has 0 bridgehead atoms. The van der Waals surface area contributed by atoms with E-state index in [1.165, 1.54) is 0 Å². The molecule has 0 saturated heterocycles. The Bertz CT molecular complexity index is 200. The maximum absolute atomic E-state index is 8.88. The second kappa shape index (κ2) is 13.8. The first kappa shape index (κ1) is 30.1. The molecule has 0 heterocycles. The second-order valence-electron chi connectivity index (χ2n) is 1.31. The molecule has 11 N–H and O–H groups in total. The summed E-state index contributed by atoms with van der Waals surface area (Å²) in [6.45, 7) is 0. The van der Waals surface area contributed by atoms with E-state index >= 15 is 0 Å². The van der Waals surface area contributed by atoms with Crippen molar-refractivity contribution < 1.29 is 53.5 Å². The van der Waals surface area contributed by atoms with Gasteiger partial charge in [-0.15, -0.1) is 0 Å². The fourth-order valence-electron chi connectivity index (χ4n) is 0. The third-order valence-electron chi connectivity index (χ3n) is 0. The van der Waals surface area contributed by atoms with Gasteiger partial charge in [0.1, 0.15) is 0 Å². The van der Waals surface area contributed by atoms with Crippen LogP contribution in [0.15, 0.2) is 0 Å². The van der Waals surface area contributed by atoms with Gasteiger partial charge in [-0.2, -0.15) is 0 Å². The Balaban J connectivity index is -0.0000000358. The Morgan fingerprint density at radius 1 is 0.750 bits per heavy atom. The van der Waals surface area contributed by atoms with Crippen LogP contribution in [0.4, 0.5) is 4.79 Å². The van der Waals surface area contributed by atoms with E-state index in [9.17, 15) is 0 Å². The maximum atomic E-state index is 8.88. The van der Waals surface area contributed by atoms with E-state index in [2.05, 4.69) is 0 Å². The Hall–Kier alpha value is 0.710. The molecular weight excluding hydrogens is 304 g/mol. The van der Waals surface area contributed by atoms with Crippen LogP contribution in [0.25, 0.3) is 0 Å². The predicted molar refractivity (Wildman–Crippen MR) is 52.7 cm³/mol. The van der Waals surface area contributed by atoms with Crippen molar-refractivity contribution in [3.8, 4) is 0 Å². The van der Waals surface area contributed by atoms with Gasteiger partial charge in [0.2, 0.25) is 0 Å². The van der Waals surface area contributed by atoms with E-state index in [1.807, 2.05) is 0 Å². The summed E-state index contributed by atoms with van der Waals surface area (Å²) in [5, 5.41) is 13.9. The monoisotopic (exact) mass is 317 g/mol. The molecule has 0 aromatic rings. The first-order valence-electron chi connectivity index (χ1n) is 2.22. The van der Waals surface area contributed by atoms with Gasteiger partial charge < -0.3 is 45.7 Å². The van der Waals surface area contributed by atoms with Gasteiger partial charge in [-0.25, -0.2) is 13.9 Å². The van der Waals surface area contributed by atoms with Crippen molar-refractivity contribution in [1.29, 1.82) is 0 Å². The molecule has 12 nitrogen and oxygen atoms in total. The van der Waals surface area contributed by atoms with Gasteiger partial charge in [-0.3, -0.25) is 0 Å². The molecule has 15 heteroatoms. The van der Waals surface area contributed by atoms with Gasteiger partial charge in [0.05, 0.1) is 0 Å². The van der Waals surface area contributed by atoms with Crippen molar-refractivity contribution in [2.24, 2.45) is 0 Å². The minimum absolute atomic E-state index is 0. The Kier molecular flexibility index (Phi) is 25.9. The average Bonchev–Trinajstić information content (AvgIpc) is 1.45. The first-order chi connectivity index (χ1) is 5.73. The first-order valence-corrected chi connectivity index (χ1v) is 5.35. The normalized spacial score (nSPS) is 8.88. The second-order valence-corrected chi connectivity index (χ2v) is 3.36. The molecule has 0 spiro atoms. The van der Waals surface area contributed by atoms with Crippen LogP contribution in [0, 0.1) is 0 Å². The molecule has 0 fully saturated rings. The molecule has 0 unspecified atom stereocenters. The van der Waals surface area contributed by atoms with Crippen molar-refractivity contribution in [2.75, 3.05) is 0 Å². The third kappa shape index (κ3) is 5490. The standard InChI is InChI=1S/CH2O3.Ca.H3N.2H3O4P.2H/c2-1(3)4;;;2*1-5(2,3)4;;/h(H2,2,3,4);;1H3;2*(H3,1,2,3,4);;. The molecule has 0 aliphatic rings. The summed E-state index contributed by atoms with van der Waals surface area (Å²) >= 11 is 0. The van der Waals surface area contributed by atoms with Crippen molar-refractivity contribution in [1.82, 2.24) is 6.15 Å². The summed E-state index contributed by atoms with van der Waals surface area (Å²) < 4.78 is 17.8. The van der Waals surface area contributed by atoms with Crippen molar-refractivity contribution in [3.63, 3.8) is 0 Å². The van der Waals surface area contributed by atoms with Gasteiger partial charge in [-0.05, 0) is 0 Å². The zero-order valence-corrected chi connectivity index (χ0v) is 8.69. The van der Waals surface area contributed by atoms with E-state index < -0.39 is 21.8 Å². The number of rotatable bonds is 0. The van der Waals surface area contributed by atoms with Gasteiger partial charge in [0.15, 0.2) is 0 Å². The summed E-state index contributed by atoms with van der Waals surface area (Å²) in [7, 11) is -9.28. The van der Waals surface area contributed by atoms with Crippen LogP contribution >= 0.6 is 15.6 Å². The zero-order valence-electron chi connectivity index (χ0n) is 6.90. The average molecular weight is 317 g/mol. The Labute approximate surface area is 119 Å². The quantitative estimate of drug-likeness (QED) is 0.167. The molecule has 0 radical (unpaired) electrons. The number of carbonyl (C=O) groups is 1. The predicted octanol–water partition coefficient (Wildman–Crippen LogP) is -2.39. The number of hydrogen-bond acceptors (Lipinski definition) is 4. The molecule has 0 saturated carbocycles. The van der Waals surface area contributed by atoms with Gasteiger partial charge in [0.25, 0.3) is 0 Å². The molecule has 100 valence electrons. The minimum atomic E-state index is -4.64. The van der Waals surface area contributed by atoms with E-state index in [1.54, 1.807) is 0 Å². The van der Waals surface area contributed by atoms with Crippen LogP contribution < -0.4 is 6.15 Å². The number of phosphoric acid groups is 2. The molecule has 0 aromatic carbocycles. The SMILES string of the molecule is N.O=C(O)O.O=P(O)(O)O.O=P(O)(O)O.[CaH2]. The molecule has 0 rings (SSSR count). The van der Waals surface area contributed by atoms with E-state index in [0.717, 1.165) is 0 Å². The van der Waals surface area contributed by atoms with Crippen LogP contribution in [-0.4, -0.2) is 83.5 Å². The Morgan fingerprint density at radius 3 is 0.750 bits per heavy atom. The van der Waals surface area contributed by atoms with Gasteiger partial charge >= 0.3 is 59.5 Å². The van der Waals surface area contributed by atoms with Gasteiger partial charge in [0, 0.05) is 0 Å². The molecule has 0 atom stereocenters. The van der Waals surface area contributed by atoms with Crippen LogP contribution in [0.2, 0.25) is 0 Å². The van der Waals surface area contributed by atoms with E-state index in [4.69, 9.17) is 53.5 Å².